The lowest BCUT2D eigenvalue weighted by atomic mass is 9.95. The highest BCUT2D eigenvalue weighted by molar-refractivity contribution is 9.10. The second kappa shape index (κ2) is 7.28. The molecule has 0 bridgehead atoms. The van der Waals surface area contributed by atoms with E-state index in [0.29, 0.717) is 11.1 Å². The molecule has 0 aromatic heterocycles. The van der Waals surface area contributed by atoms with E-state index in [4.69, 9.17) is 0 Å². The molecule has 0 spiro atoms. The molecule has 0 saturated heterocycles. The Balaban J connectivity index is 2.07. The Morgan fingerprint density at radius 2 is 1.38 bits per heavy atom. The van der Waals surface area contributed by atoms with Gasteiger partial charge in [-0.3, -0.25) is 4.79 Å². The van der Waals surface area contributed by atoms with Crippen LogP contribution < -0.4 is 0 Å². The Labute approximate surface area is 149 Å². The number of carbonyl (C=O) groups excluding carboxylic acids is 1. The zero-order valence-corrected chi connectivity index (χ0v) is 14.4. The minimum Gasteiger partial charge on any atom is -0.508 e. The molecule has 0 radical (unpaired) electrons. The summed E-state index contributed by atoms with van der Waals surface area (Å²) in [7, 11) is 0. The molecule has 0 aliphatic heterocycles. The van der Waals surface area contributed by atoms with Crippen LogP contribution in [0.2, 0.25) is 0 Å². The van der Waals surface area contributed by atoms with Crippen molar-refractivity contribution in [3.05, 3.63) is 100 Å². The van der Waals surface area contributed by atoms with Gasteiger partial charge in [0.05, 0.1) is 0 Å². The van der Waals surface area contributed by atoms with E-state index in [1.54, 1.807) is 12.1 Å². The summed E-state index contributed by atoms with van der Waals surface area (Å²) in [6, 6.07) is 23.7. The minimum atomic E-state index is -0.0822. The quantitative estimate of drug-likeness (QED) is 0.365. The molecule has 0 amide bonds. The lowest BCUT2D eigenvalue weighted by molar-refractivity contribution is 0.105. The van der Waals surface area contributed by atoms with Gasteiger partial charge in [-0.05, 0) is 53.6 Å². The van der Waals surface area contributed by atoms with Gasteiger partial charge in [-0.2, -0.15) is 0 Å². The highest BCUT2D eigenvalue weighted by Crippen LogP contribution is 2.25. The monoisotopic (exact) mass is 378 g/mol. The third-order valence-corrected chi connectivity index (χ3v) is 4.17. The Bertz CT molecular complexity index is 864. The molecule has 3 heteroatoms. The first-order valence-corrected chi connectivity index (χ1v) is 8.29. The summed E-state index contributed by atoms with van der Waals surface area (Å²) in [6.45, 7) is 0. The number of rotatable bonds is 4. The zero-order valence-electron chi connectivity index (χ0n) is 12.8. The van der Waals surface area contributed by atoms with Crippen molar-refractivity contribution >= 4 is 33.4 Å². The minimum absolute atomic E-state index is 0.0822. The van der Waals surface area contributed by atoms with Crippen LogP contribution in [0.4, 0.5) is 0 Å². The first kappa shape index (κ1) is 16.2. The van der Waals surface area contributed by atoms with E-state index in [0.717, 1.165) is 15.6 Å². The number of benzene rings is 3. The molecule has 0 saturated carbocycles. The smallest absolute Gasteiger partial charge is 0.193 e. The SMILES string of the molecule is O=C(C(=Cc1ccccc1)c1ccc(Br)cc1)c1ccc(O)cc1. The fourth-order valence-corrected chi connectivity index (χ4v) is 2.66. The van der Waals surface area contributed by atoms with Crippen LogP contribution in [-0.4, -0.2) is 10.9 Å². The van der Waals surface area contributed by atoms with Crippen molar-refractivity contribution in [1.29, 1.82) is 0 Å². The number of phenols is 1. The van der Waals surface area contributed by atoms with Crippen molar-refractivity contribution in [1.82, 2.24) is 0 Å². The second-order valence-electron chi connectivity index (χ2n) is 5.35. The number of aromatic hydroxyl groups is 1. The van der Waals surface area contributed by atoms with Crippen LogP contribution >= 0.6 is 15.9 Å². The fourth-order valence-electron chi connectivity index (χ4n) is 2.39. The lowest BCUT2D eigenvalue weighted by Gasteiger charge is -2.08. The maximum Gasteiger partial charge on any atom is 0.193 e. The maximum atomic E-state index is 13.0. The van der Waals surface area contributed by atoms with Crippen molar-refractivity contribution in [2.45, 2.75) is 0 Å². The number of ketones is 1. The van der Waals surface area contributed by atoms with Crippen molar-refractivity contribution in [3.63, 3.8) is 0 Å². The van der Waals surface area contributed by atoms with Crippen LogP contribution in [0.15, 0.2) is 83.3 Å². The number of phenolic OH excluding ortho intramolecular Hbond substituents is 1. The molecule has 0 aliphatic carbocycles. The summed E-state index contributed by atoms with van der Waals surface area (Å²) in [6.07, 6.45) is 1.89. The number of Topliss-reactive ketones (excluding diaryl/α,β-unsaturated/α-hetero) is 1. The number of hydrogen-bond donors (Lipinski definition) is 1. The molecule has 2 nitrogen and oxygen atoms in total. The molecule has 3 aromatic rings. The van der Waals surface area contributed by atoms with E-state index in [1.807, 2.05) is 60.7 Å². The standard InChI is InChI=1S/C21H15BrO2/c22-18-10-6-16(7-11-18)20(14-15-4-2-1-3-5-15)21(24)17-8-12-19(23)13-9-17/h1-14,23H. The number of allylic oxidation sites excluding steroid dienone is 1. The molecule has 0 aliphatic rings. The van der Waals surface area contributed by atoms with E-state index >= 15 is 0 Å². The first-order chi connectivity index (χ1) is 11.6. The van der Waals surface area contributed by atoms with Gasteiger partial charge in [-0.25, -0.2) is 0 Å². The van der Waals surface area contributed by atoms with Gasteiger partial charge in [-0.15, -0.1) is 0 Å². The van der Waals surface area contributed by atoms with Gasteiger partial charge >= 0.3 is 0 Å². The van der Waals surface area contributed by atoms with Gasteiger partial charge < -0.3 is 5.11 Å². The van der Waals surface area contributed by atoms with Crippen molar-refractivity contribution in [2.24, 2.45) is 0 Å². The number of carbonyl (C=O) groups is 1. The Hall–Kier alpha value is -2.65. The summed E-state index contributed by atoms with van der Waals surface area (Å²) in [5, 5.41) is 9.43. The average molecular weight is 379 g/mol. The molecule has 0 unspecified atom stereocenters. The van der Waals surface area contributed by atoms with Crippen LogP contribution in [0.5, 0.6) is 5.75 Å². The van der Waals surface area contributed by atoms with Crippen molar-refractivity contribution < 1.29 is 9.90 Å². The van der Waals surface area contributed by atoms with Crippen LogP contribution in [0.1, 0.15) is 21.5 Å². The normalized spacial score (nSPS) is 11.3. The van der Waals surface area contributed by atoms with Crippen LogP contribution in [0, 0.1) is 0 Å². The van der Waals surface area contributed by atoms with E-state index in [9.17, 15) is 9.90 Å². The molecular weight excluding hydrogens is 364 g/mol. The molecule has 118 valence electrons. The Kier molecular flexibility index (Phi) is 4.92. The predicted molar refractivity (Wildman–Crippen MR) is 101 cm³/mol. The van der Waals surface area contributed by atoms with Crippen LogP contribution in [0.25, 0.3) is 11.6 Å². The largest absolute Gasteiger partial charge is 0.508 e. The van der Waals surface area contributed by atoms with Gasteiger partial charge in [0, 0.05) is 15.6 Å². The van der Waals surface area contributed by atoms with Gasteiger partial charge in [0.15, 0.2) is 5.78 Å². The summed E-state index contributed by atoms with van der Waals surface area (Å²) in [5.74, 6) is 0.0601. The highest BCUT2D eigenvalue weighted by Gasteiger charge is 2.14. The maximum absolute atomic E-state index is 13.0. The lowest BCUT2D eigenvalue weighted by Crippen LogP contribution is -2.02. The number of halogens is 1. The molecule has 3 aromatic carbocycles. The summed E-state index contributed by atoms with van der Waals surface area (Å²) in [5.41, 5.74) is 2.96. The first-order valence-electron chi connectivity index (χ1n) is 7.50. The summed E-state index contributed by atoms with van der Waals surface area (Å²) < 4.78 is 0.961. The van der Waals surface area contributed by atoms with E-state index in [-0.39, 0.29) is 11.5 Å². The molecule has 3 rings (SSSR count). The predicted octanol–water partition coefficient (Wildman–Crippen LogP) is 5.58. The van der Waals surface area contributed by atoms with Crippen molar-refractivity contribution in [3.8, 4) is 5.75 Å². The highest BCUT2D eigenvalue weighted by atomic mass is 79.9. The summed E-state index contributed by atoms with van der Waals surface area (Å²) >= 11 is 3.42. The van der Waals surface area contributed by atoms with Gasteiger partial charge in [0.2, 0.25) is 0 Å². The third kappa shape index (κ3) is 3.81. The van der Waals surface area contributed by atoms with Gasteiger partial charge in [-0.1, -0.05) is 58.4 Å². The van der Waals surface area contributed by atoms with Gasteiger partial charge in [0.1, 0.15) is 5.75 Å². The zero-order chi connectivity index (χ0) is 16.9. The second-order valence-corrected chi connectivity index (χ2v) is 6.27. The van der Waals surface area contributed by atoms with E-state index in [1.165, 1.54) is 12.1 Å². The van der Waals surface area contributed by atoms with E-state index in [2.05, 4.69) is 15.9 Å². The van der Waals surface area contributed by atoms with Crippen LogP contribution in [-0.2, 0) is 0 Å². The molecular formula is C21H15BrO2. The molecule has 1 N–H and O–H groups in total. The molecule has 24 heavy (non-hydrogen) atoms. The van der Waals surface area contributed by atoms with E-state index < -0.39 is 0 Å². The Morgan fingerprint density at radius 1 is 0.792 bits per heavy atom. The topological polar surface area (TPSA) is 37.3 Å². The molecule has 0 atom stereocenters. The molecule has 0 fully saturated rings. The fraction of sp³-hybridized carbons (Fsp3) is 0. The van der Waals surface area contributed by atoms with Gasteiger partial charge in [0.25, 0.3) is 0 Å². The number of hydrogen-bond acceptors (Lipinski definition) is 2. The van der Waals surface area contributed by atoms with Crippen LogP contribution in [0.3, 0.4) is 0 Å². The summed E-state index contributed by atoms with van der Waals surface area (Å²) in [4.78, 5) is 13.0. The average Bonchev–Trinajstić information content (AvgIpc) is 2.62. The van der Waals surface area contributed by atoms with Crippen molar-refractivity contribution in [2.75, 3.05) is 0 Å². The third-order valence-electron chi connectivity index (χ3n) is 3.64. The Morgan fingerprint density at radius 3 is 2.00 bits per heavy atom. The molecule has 0 heterocycles.